The van der Waals surface area contributed by atoms with Gasteiger partial charge in [-0.1, -0.05) is 19.1 Å². The lowest BCUT2D eigenvalue weighted by Gasteiger charge is -2.20. The van der Waals surface area contributed by atoms with Crippen LogP contribution in [-0.2, 0) is 6.42 Å². The number of nitrogens with zero attached hydrogens (tertiary/aromatic N) is 1. The Hall–Kier alpha value is -1.02. The van der Waals surface area contributed by atoms with Crippen LogP contribution >= 0.6 is 0 Å². The third-order valence-electron chi connectivity index (χ3n) is 3.36. The summed E-state index contributed by atoms with van der Waals surface area (Å²) in [4.78, 5) is 2.56. The molecule has 1 saturated carbocycles. The average molecular weight is 218 g/mol. The molecule has 0 bridgehead atoms. The maximum Gasteiger partial charge on any atom is 0.0314 e. The fourth-order valence-electron chi connectivity index (χ4n) is 2.02. The molecule has 2 N–H and O–H groups in total. The van der Waals surface area contributed by atoms with Crippen LogP contribution in [0.1, 0.15) is 25.3 Å². The van der Waals surface area contributed by atoms with Gasteiger partial charge in [-0.15, -0.1) is 0 Å². The van der Waals surface area contributed by atoms with E-state index in [0.717, 1.165) is 18.0 Å². The molecule has 0 aliphatic heterocycles. The van der Waals surface area contributed by atoms with E-state index < -0.39 is 0 Å². The predicted octanol–water partition coefficient (Wildman–Crippen LogP) is 2.54. The van der Waals surface area contributed by atoms with E-state index in [4.69, 9.17) is 5.73 Å². The second-order valence-corrected chi connectivity index (χ2v) is 4.83. The Morgan fingerprint density at radius 1 is 1.25 bits per heavy atom. The minimum atomic E-state index is 0.856. The number of rotatable bonds is 6. The number of hydrogen-bond donors (Lipinski definition) is 1. The molecular weight excluding hydrogens is 196 g/mol. The molecule has 0 radical (unpaired) electrons. The SMILES string of the molecule is CCN(CCc1ccc(N)cc1)CC1CC1. The van der Waals surface area contributed by atoms with E-state index in [0.29, 0.717) is 0 Å². The van der Waals surface area contributed by atoms with Gasteiger partial charge in [0.15, 0.2) is 0 Å². The first-order valence-corrected chi connectivity index (χ1v) is 6.34. The van der Waals surface area contributed by atoms with Crippen molar-refractivity contribution in [1.82, 2.24) is 4.90 Å². The number of nitrogens with two attached hydrogens (primary N) is 1. The lowest BCUT2D eigenvalue weighted by Crippen LogP contribution is -2.28. The predicted molar refractivity (Wildman–Crippen MR) is 69.4 cm³/mol. The summed E-state index contributed by atoms with van der Waals surface area (Å²) < 4.78 is 0. The normalized spacial score (nSPS) is 15.6. The van der Waals surface area contributed by atoms with Crippen molar-refractivity contribution in [1.29, 1.82) is 0 Å². The summed E-state index contributed by atoms with van der Waals surface area (Å²) in [7, 11) is 0. The molecule has 0 heterocycles. The first-order chi connectivity index (χ1) is 7.78. The highest BCUT2D eigenvalue weighted by Crippen LogP contribution is 2.29. The van der Waals surface area contributed by atoms with E-state index in [1.807, 2.05) is 12.1 Å². The standard InChI is InChI=1S/C14H22N2/c1-2-16(11-13-3-4-13)10-9-12-5-7-14(15)8-6-12/h5-8,13H,2-4,9-11,15H2,1H3. The number of hydrogen-bond acceptors (Lipinski definition) is 2. The molecule has 0 amide bonds. The highest BCUT2D eigenvalue weighted by molar-refractivity contribution is 5.39. The van der Waals surface area contributed by atoms with Gasteiger partial charge in [-0.25, -0.2) is 0 Å². The molecule has 1 fully saturated rings. The van der Waals surface area contributed by atoms with Crippen LogP contribution in [0, 0.1) is 5.92 Å². The van der Waals surface area contributed by atoms with E-state index in [1.54, 1.807) is 0 Å². The van der Waals surface area contributed by atoms with Gasteiger partial charge in [0.2, 0.25) is 0 Å². The minimum Gasteiger partial charge on any atom is -0.399 e. The van der Waals surface area contributed by atoms with E-state index in [9.17, 15) is 0 Å². The molecule has 0 spiro atoms. The van der Waals surface area contributed by atoms with Gasteiger partial charge in [0.25, 0.3) is 0 Å². The zero-order valence-electron chi connectivity index (χ0n) is 10.2. The van der Waals surface area contributed by atoms with Crippen LogP contribution in [0.3, 0.4) is 0 Å². The molecule has 88 valence electrons. The Morgan fingerprint density at radius 3 is 2.50 bits per heavy atom. The molecule has 16 heavy (non-hydrogen) atoms. The maximum absolute atomic E-state index is 5.67. The second kappa shape index (κ2) is 5.35. The summed E-state index contributed by atoms with van der Waals surface area (Å²) in [6.07, 6.45) is 4.03. The van der Waals surface area contributed by atoms with Crippen LogP contribution in [0.5, 0.6) is 0 Å². The number of anilines is 1. The zero-order chi connectivity index (χ0) is 11.4. The van der Waals surface area contributed by atoms with Crippen LogP contribution in [0.4, 0.5) is 5.69 Å². The fraction of sp³-hybridized carbons (Fsp3) is 0.571. The monoisotopic (exact) mass is 218 g/mol. The van der Waals surface area contributed by atoms with Gasteiger partial charge in [0.1, 0.15) is 0 Å². The average Bonchev–Trinajstić information content (AvgIpc) is 3.10. The van der Waals surface area contributed by atoms with Gasteiger partial charge >= 0.3 is 0 Å². The second-order valence-electron chi connectivity index (χ2n) is 4.83. The Bertz CT molecular complexity index is 314. The van der Waals surface area contributed by atoms with Crippen molar-refractivity contribution in [3.05, 3.63) is 29.8 Å². The van der Waals surface area contributed by atoms with Gasteiger partial charge < -0.3 is 10.6 Å². The molecule has 0 atom stereocenters. The van der Waals surface area contributed by atoms with Crippen molar-refractivity contribution in [2.45, 2.75) is 26.2 Å². The first-order valence-electron chi connectivity index (χ1n) is 6.34. The van der Waals surface area contributed by atoms with Crippen LogP contribution in [-0.4, -0.2) is 24.5 Å². The van der Waals surface area contributed by atoms with Gasteiger partial charge in [0, 0.05) is 18.8 Å². The van der Waals surface area contributed by atoms with Gasteiger partial charge in [0.05, 0.1) is 0 Å². The Kier molecular flexibility index (Phi) is 3.83. The third-order valence-corrected chi connectivity index (χ3v) is 3.36. The molecule has 1 aromatic carbocycles. The van der Waals surface area contributed by atoms with E-state index in [2.05, 4.69) is 24.0 Å². The highest BCUT2D eigenvalue weighted by atomic mass is 15.1. The summed E-state index contributed by atoms with van der Waals surface area (Å²) in [6.45, 7) is 5.90. The number of likely N-dealkylation sites (N-methyl/N-ethyl adjacent to an activating group) is 1. The van der Waals surface area contributed by atoms with Crippen LogP contribution in [0.2, 0.25) is 0 Å². The van der Waals surface area contributed by atoms with E-state index in [1.165, 1.54) is 38.0 Å². The quantitative estimate of drug-likeness (QED) is 0.743. The van der Waals surface area contributed by atoms with Crippen molar-refractivity contribution < 1.29 is 0 Å². The molecular formula is C14H22N2. The molecule has 2 heteroatoms. The van der Waals surface area contributed by atoms with Crippen molar-refractivity contribution in [2.75, 3.05) is 25.4 Å². The van der Waals surface area contributed by atoms with Crippen LogP contribution in [0.15, 0.2) is 24.3 Å². The molecule has 2 nitrogen and oxygen atoms in total. The Balaban J connectivity index is 1.77. The van der Waals surface area contributed by atoms with E-state index >= 15 is 0 Å². The molecule has 1 aliphatic rings. The van der Waals surface area contributed by atoms with Crippen molar-refractivity contribution in [2.24, 2.45) is 5.92 Å². The number of benzene rings is 1. The minimum absolute atomic E-state index is 0.856. The van der Waals surface area contributed by atoms with Gasteiger partial charge in [-0.2, -0.15) is 0 Å². The third kappa shape index (κ3) is 3.53. The smallest absolute Gasteiger partial charge is 0.0314 e. The molecule has 2 rings (SSSR count). The van der Waals surface area contributed by atoms with E-state index in [-0.39, 0.29) is 0 Å². The summed E-state index contributed by atoms with van der Waals surface area (Å²) in [5.74, 6) is 0.992. The largest absolute Gasteiger partial charge is 0.399 e. The Labute approximate surface area is 98.4 Å². The molecule has 1 aromatic rings. The Morgan fingerprint density at radius 2 is 1.94 bits per heavy atom. The topological polar surface area (TPSA) is 29.3 Å². The first kappa shape index (κ1) is 11.5. The van der Waals surface area contributed by atoms with Crippen LogP contribution in [0.25, 0.3) is 0 Å². The van der Waals surface area contributed by atoms with Crippen molar-refractivity contribution >= 4 is 5.69 Å². The lowest BCUT2D eigenvalue weighted by atomic mass is 10.1. The van der Waals surface area contributed by atoms with Gasteiger partial charge in [-0.3, -0.25) is 0 Å². The summed E-state index contributed by atoms with van der Waals surface area (Å²) in [6, 6.07) is 8.26. The summed E-state index contributed by atoms with van der Waals surface area (Å²) in [5, 5.41) is 0. The summed E-state index contributed by atoms with van der Waals surface area (Å²) >= 11 is 0. The molecule has 0 unspecified atom stereocenters. The molecule has 1 aliphatic carbocycles. The highest BCUT2D eigenvalue weighted by Gasteiger charge is 2.23. The van der Waals surface area contributed by atoms with Crippen LogP contribution < -0.4 is 5.73 Å². The summed E-state index contributed by atoms with van der Waals surface area (Å²) in [5.41, 5.74) is 7.92. The molecule has 0 saturated heterocycles. The lowest BCUT2D eigenvalue weighted by molar-refractivity contribution is 0.280. The number of nitrogen functional groups attached to an aromatic ring is 1. The van der Waals surface area contributed by atoms with Crippen molar-refractivity contribution in [3.8, 4) is 0 Å². The maximum atomic E-state index is 5.67. The fourth-order valence-corrected chi connectivity index (χ4v) is 2.02. The van der Waals surface area contributed by atoms with Gasteiger partial charge in [-0.05, 0) is 49.4 Å². The molecule has 0 aromatic heterocycles. The zero-order valence-corrected chi connectivity index (χ0v) is 10.2. The van der Waals surface area contributed by atoms with Crippen molar-refractivity contribution in [3.63, 3.8) is 0 Å².